The highest BCUT2D eigenvalue weighted by Crippen LogP contribution is 2.32. The van der Waals surface area contributed by atoms with Gasteiger partial charge in [0.2, 0.25) is 11.8 Å². The molecule has 1 aromatic rings. The summed E-state index contributed by atoms with van der Waals surface area (Å²) in [6.45, 7) is 1.03. The van der Waals surface area contributed by atoms with Crippen LogP contribution in [0.2, 0.25) is 0 Å². The minimum absolute atomic E-state index is 0.141. The number of rotatable bonds is 3. The van der Waals surface area contributed by atoms with Crippen LogP contribution in [-0.4, -0.2) is 58.8 Å². The molecule has 2 heterocycles. The molecule has 24 heavy (non-hydrogen) atoms. The Balaban J connectivity index is 2.24. The molecular weight excluding hydrogens is 329 g/mol. The summed E-state index contributed by atoms with van der Waals surface area (Å²) in [5, 5.41) is 9.76. The number of carbonyl (C=O) groups is 2. The zero-order valence-corrected chi connectivity index (χ0v) is 13.1. The number of hydrogen-bond donors (Lipinski definition) is 1. The molecule has 1 saturated heterocycles. The zero-order valence-electron chi connectivity index (χ0n) is 13.1. The van der Waals surface area contributed by atoms with Crippen molar-refractivity contribution in [3.8, 4) is 5.88 Å². The van der Waals surface area contributed by atoms with Gasteiger partial charge in [0.15, 0.2) is 5.69 Å². The monoisotopic (exact) mass is 346 g/mol. The van der Waals surface area contributed by atoms with E-state index in [1.54, 1.807) is 0 Å². The number of amides is 2. The lowest BCUT2D eigenvalue weighted by Crippen LogP contribution is -2.58. The Bertz CT molecular complexity index is 606. The molecule has 7 nitrogen and oxygen atoms in total. The second-order valence-corrected chi connectivity index (χ2v) is 5.45. The molecule has 2 unspecified atom stereocenters. The van der Waals surface area contributed by atoms with E-state index in [0.29, 0.717) is 4.90 Å². The normalized spacial score (nSPS) is 21.3. The molecule has 0 saturated carbocycles. The van der Waals surface area contributed by atoms with Gasteiger partial charge in [-0.3, -0.25) is 9.59 Å². The summed E-state index contributed by atoms with van der Waals surface area (Å²) in [7, 11) is 1.36. The van der Waals surface area contributed by atoms with Crippen LogP contribution in [0.1, 0.15) is 30.3 Å². The van der Waals surface area contributed by atoms with Gasteiger partial charge in [-0.05, 0) is 18.9 Å². The molecule has 2 rings (SSSR count). The van der Waals surface area contributed by atoms with E-state index >= 15 is 0 Å². The van der Waals surface area contributed by atoms with Crippen LogP contribution in [0.5, 0.6) is 5.88 Å². The van der Waals surface area contributed by atoms with Gasteiger partial charge in [0.1, 0.15) is 6.04 Å². The van der Waals surface area contributed by atoms with E-state index in [1.807, 2.05) is 0 Å². The maximum Gasteiger partial charge on any atom is 0.408 e. The van der Waals surface area contributed by atoms with Crippen LogP contribution in [0.25, 0.3) is 0 Å². The number of nitrogens with one attached hydrogen (secondary N) is 1. The third-order valence-electron chi connectivity index (χ3n) is 3.70. The minimum Gasteiger partial charge on any atom is -0.480 e. The maximum absolute atomic E-state index is 13.2. The smallest absolute Gasteiger partial charge is 0.408 e. The number of likely N-dealkylation sites (tertiary alicyclic amines) is 1. The Hall–Kier alpha value is -2.39. The van der Waals surface area contributed by atoms with Crippen LogP contribution in [0.4, 0.5) is 13.2 Å². The van der Waals surface area contributed by atoms with Gasteiger partial charge in [-0.15, -0.1) is 10.2 Å². The first-order valence-electron chi connectivity index (χ1n) is 7.25. The van der Waals surface area contributed by atoms with Crippen LogP contribution in [-0.2, 0) is 4.79 Å². The second kappa shape index (κ2) is 7.02. The van der Waals surface area contributed by atoms with E-state index in [2.05, 4.69) is 15.5 Å². The molecule has 1 fully saturated rings. The van der Waals surface area contributed by atoms with E-state index in [1.165, 1.54) is 26.2 Å². The fourth-order valence-corrected chi connectivity index (χ4v) is 2.63. The van der Waals surface area contributed by atoms with Crippen molar-refractivity contribution < 1.29 is 27.5 Å². The predicted octanol–water partition coefficient (Wildman–Crippen LogP) is 1.16. The summed E-state index contributed by atoms with van der Waals surface area (Å²) in [6, 6.07) is 0.150. The number of ether oxygens (including phenoxy) is 1. The average molecular weight is 346 g/mol. The highest BCUT2D eigenvalue weighted by molar-refractivity contribution is 5.92. The first-order valence-corrected chi connectivity index (χ1v) is 7.25. The summed E-state index contributed by atoms with van der Waals surface area (Å²) in [6.07, 6.45) is -4.71. The van der Waals surface area contributed by atoms with Gasteiger partial charge in [0, 0.05) is 25.6 Å². The van der Waals surface area contributed by atoms with Crippen molar-refractivity contribution in [2.45, 2.75) is 38.0 Å². The van der Waals surface area contributed by atoms with Gasteiger partial charge in [-0.25, -0.2) is 0 Å². The molecule has 2 atom stereocenters. The molecule has 10 heteroatoms. The molecule has 132 valence electrons. The van der Waals surface area contributed by atoms with Crippen molar-refractivity contribution in [1.29, 1.82) is 0 Å². The van der Waals surface area contributed by atoms with Gasteiger partial charge in [0.25, 0.3) is 5.91 Å². The number of halogens is 3. The van der Waals surface area contributed by atoms with Crippen molar-refractivity contribution in [1.82, 2.24) is 20.4 Å². The zero-order chi connectivity index (χ0) is 17.9. The van der Waals surface area contributed by atoms with Crippen LogP contribution in [0, 0.1) is 0 Å². The molecule has 2 amide bonds. The van der Waals surface area contributed by atoms with Gasteiger partial charge >= 0.3 is 6.18 Å². The number of aromatic nitrogens is 2. The lowest BCUT2D eigenvalue weighted by molar-refractivity contribution is -0.184. The molecule has 1 aliphatic rings. The molecule has 0 spiro atoms. The lowest BCUT2D eigenvalue weighted by Gasteiger charge is -2.40. The van der Waals surface area contributed by atoms with Crippen molar-refractivity contribution in [3.63, 3.8) is 0 Å². The molecule has 1 N–H and O–H groups in total. The Morgan fingerprint density at radius 3 is 2.50 bits per heavy atom. The summed E-state index contributed by atoms with van der Waals surface area (Å²) < 4.78 is 44.5. The van der Waals surface area contributed by atoms with Crippen molar-refractivity contribution in [2.75, 3.05) is 13.7 Å². The van der Waals surface area contributed by atoms with Crippen LogP contribution >= 0.6 is 0 Å². The fraction of sp³-hybridized carbons (Fsp3) is 0.571. The van der Waals surface area contributed by atoms with Gasteiger partial charge < -0.3 is 15.0 Å². The molecule has 1 aromatic heterocycles. The largest absolute Gasteiger partial charge is 0.480 e. The third-order valence-corrected chi connectivity index (χ3v) is 3.70. The average Bonchev–Trinajstić information content (AvgIpc) is 2.52. The quantitative estimate of drug-likeness (QED) is 0.888. The Morgan fingerprint density at radius 1 is 1.29 bits per heavy atom. The Kier molecular flexibility index (Phi) is 5.25. The van der Waals surface area contributed by atoms with Crippen molar-refractivity contribution >= 4 is 11.8 Å². The molecule has 0 bridgehead atoms. The maximum atomic E-state index is 13.2. The SMILES string of the molecule is COc1ccc(C(=O)N2CC(NC(C)=O)CCC2C(F)(F)F)nn1. The van der Waals surface area contributed by atoms with Crippen molar-refractivity contribution in [2.24, 2.45) is 0 Å². The van der Waals surface area contributed by atoms with Gasteiger partial charge in [-0.2, -0.15) is 13.2 Å². The first-order chi connectivity index (χ1) is 11.2. The molecule has 0 aromatic carbocycles. The standard InChI is InChI=1S/C14H17F3N4O3/c1-8(22)18-9-3-5-11(14(15,16)17)21(7-9)13(23)10-4-6-12(24-2)20-19-10/h4,6,9,11H,3,5,7H2,1-2H3,(H,18,22). The molecule has 1 aliphatic heterocycles. The van der Waals surface area contributed by atoms with E-state index in [0.717, 1.165) is 0 Å². The third kappa shape index (κ3) is 4.12. The molecular formula is C14H17F3N4O3. The highest BCUT2D eigenvalue weighted by atomic mass is 19.4. The summed E-state index contributed by atoms with van der Waals surface area (Å²) >= 11 is 0. The van der Waals surface area contributed by atoms with Crippen LogP contribution < -0.4 is 10.1 Å². The summed E-state index contributed by atoms with van der Waals surface area (Å²) in [4.78, 5) is 24.3. The predicted molar refractivity (Wildman–Crippen MR) is 76.3 cm³/mol. The molecule has 0 radical (unpaired) electrons. The number of alkyl halides is 3. The van der Waals surface area contributed by atoms with Gasteiger partial charge in [0.05, 0.1) is 7.11 Å². The highest BCUT2D eigenvalue weighted by Gasteiger charge is 2.48. The van der Waals surface area contributed by atoms with Crippen LogP contribution in [0.15, 0.2) is 12.1 Å². The number of hydrogen-bond acceptors (Lipinski definition) is 5. The minimum atomic E-state index is -4.56. The summed E-state index contributed by atoms with van der Waals surface area (Å²) in [5.41, 5.74) is -0.214. The fourth-order valence-electron chi connectivity index (χ4n) is 2.63. The first kappa shape index (κ1) is 18.0. The van der Waals surface area contributed by atoms with Crippen molar-refractivity contribution in [3.05, 3.63) is 17.8 Å². The van der Waals surface area contributed by atoms with Crippen LogP contribution in [0.3, 0.4) is 0 Å². The number of nitrogens with zero attached hydrogens (tertiary/aromatic N) is 3. The number of methoxy groups -OCH3 is 1. The lowest BCUT2D eigenvalue weighted by atomic mass is 9.97. The number of piperidine rings is 1. The topological polar surface area (TPSA) is 84.4 Å². The molecule has 0 aliphatic carbocycles. The van der Waals surface area contributed by atoms with Gasteiger partial charge in [-0.1, -0.05) is 0 Å². The van der Waals surface area contributed by atoms with E-state index < -0.39 is 24.2 Å². The van der Waals surface area contributed by atoms with E-state index in [-0.39, 0.29) is 36.9 Å². The number of carbonyl (C=O) groups excluding carboxylic acids is 2. The second-order valence-electron chi connectivity index (χ2n) is 5.45. The Morgan fingerprint density at radius 2 is 2.00 bits per heavy atom. The van der Waals surface area contributed by atoms with E-state index in [9.17, 15) is 22.8 Å². The Labute approximate surface area is 136 Å². The summed E-state index contributed by atoms with van der Waals surface area (Å²) in [5.74, 6) is -1.10. The van der Waals surface area contributed by atoms with E-state index in [4.69, 9.17) is 4.74 Å².